The number of hydrogen-bond acceptors (Lipinski definition) is 7. The summed E-state index contributed by atoms with van der Waals surface area (Å²) in [6, 6.07) is 27.9. The molecule has 1 amide bonds. The normalized spacial score (nSPS) is 10.1. The summed E-state index contributed by atoms with van der Waals surface area (Å²) < 4.78 is 5.83. The molecule has 0 spiro atoms. The molecule has 1 N–H and O–H groups in total. The standard InChI is InChI=1S/C31H27NO7.2Na/c33-20-24-16-27(30(35)36)23(15-28(24)31(37)38)17-29(34)32(18-21-7-3-1-4-8-21)19-22-11-13-26(14-12-22)39-25-9-5-2-6-10-25;;/h1-16,33H,17-20H2,(H,35,36)(H,37,38);;/q;2*+1/p-2. The van der Waals surface area contributed by atoms with Crippen LogP contribution < -0.4 is 74.1 Å². The van der Waals surface area contributed by atoms with Crippen LogP contribution in [0.3, 0.4) is 0 Å². The van der Waals surface area contributed by atoms with E-state index < -0.39 is 30.9 Å². The van der Waals surface area contributed by atoms with E-state index in [4.69, 9.17) is 4.74 Å². The van der Waals surface area contributed by atoms with Gasteiger partial charge >= 0.3 is 59.1 Å². The van der Waals surface area contributed by atoms with E-state index in [0.717, 1.165) is 23.3 Å². The molecule has 10 heteroatoms. The van der Waals surface area contributed by atoms with Crippen LogP contribution in [-0.2, 0) is 30.9 Å². The molecule has 4 aromatic rings. The first kappa shape index (κ1) is 34.3. The molecule has 0 aliphatic heterocycles. The average molecular weight is 570 g/mol. The van der Waals surface area contributed by atoms with Crippen LogP contribution in [0.25, 0.3) is 0 Å². The molecule has 8 nitrogen and oxygen atoms in total. The first-order chi connectivity index (χ1) is 18.8. The summed E-state index contributed by atoms with van der Waals surface area (Å²) in [5.74, 6) is -2.27. The number of amides is 1. The number of aliphatic hydroxyl groups excluding tert-OH is 1. The Hall–Kier alpha value is -2.95. The van der Waals surface area contributed by atoms with E-state index in [1.54, 1.807) is 17.0 Å². The predicted octanol–water partition coefficient (Wildman–Crippen LogP) is -3.52. The summed E-state index contributed by atoms with van der Waals surface area (Å²) in [6.07, 6.45) is -0.392. The second-order valence-corrected chi connectivity index (χ2v) is 8.87. The monoisotopic (exact) mass is 569 g/mol. The molecule has 198 valence electrons. The van der Waals surface area contributed by atoms with E-state index in [1.807, 2.05) is 72.8 Å². The van der Waals surface area contributed by atoms with E-state index >= 15 is 0 Å². The van der Waals surface area contributed by atoms with Gasteiger partial charge in [0, 0.05) is 24.2 Å². The van der Waals surface area contributed by atoms with Gasteiger partial charge in [-0.05, 0) is 58.7 Å². The summed E-state index contributed by atoms with van der Waals surface area (Å²) in [4.78, 5) is 38.4. The van der Waals surface area contributed by atoms with Crippen LogP contribution in [0.1, 0.15) is 43.0 Å². The molecule has 0 aromatic heterocycles. The van der Waals surface area contributed by atoms with E-state index in [9.17, 15) is 29.7 Å². The van der Waals surface area contributed by atoms with Gasteiger partial charge in [-0.25, -0.2) is 0 Å². The van der Waals surface area contributed by atoms with Crippen LogP contribution in [0, 0.1) is 0 Å². The zero-order valence-electron chi connectivity index (χ0n) is 22.9. The van der Waals surface area contributed by atoms with Gasteiger partial charge in [0.15, 0.2) is 0 Å². The van der Waals surface area contributed by atoms with Gasteiger partial charge in [-0.2, -0.15) is 0 Å². The van der Waals surface area contributed by atoms with Gasteiger partial charge < -0.3 is 34.5 Å². The molecule has 0 saturated heterocycles. The van der Waals surface area contributed by atoms with Crippen LogP contribution >= 0.6 is 0 Å². The molecule has 0 atom stereocenters. The summed E-state index contributed by atoms with van der Waals surface area (Å²) in [5, 5.41) is 32.8. The maximum absolute atomic E-state index is 13.5. The molecule has 0 radical (unpaired) electrons. The Labute approximate surface area is 282 Å². The third kappa shape index (κ3) is 9.55. The molecular formula is C31H25NNa2O7. The second kappa shape index (κ2) is 16.5. The number of ether oxygens (including phenoxy) is 1. The van der Waals surface area contributed by atoms with Crippen molar-refractivity contribution in [3.05, 3.63) is 130 Å². The number of carbonyl (C=O) groups excluding carboxylic acids is 3. The van der Waals surface area contributed by atoms with Crippen molar-refractivity contribution in [2.75, 3.05) is 0 Å². The van der Waals surface area contributed by atoms with Crippen LogP contribution in [0.4, 0.5) is 0 Å². The molecule has 0 fully saturated rings. The largest absolute Gasteiger partial charge is 1.00 e. The summed E-state index contributed by atoms with van der Waals surface area (Å²) in [6.45, 7) is -0.255. The van der Waals surface area contributed by atoms with Gasteiger partial charge in [0.05, 0.1) is 25.0 Å². The van der Waals surface area contributed by atoms with Crippen molar-refractivity contribution in [1.82, 2.24) is 4.90 Å². The number of aliphatic hydroxyl groups is 1. The first-order valence-electron chi connectivity index (χ1n) is 12.2. The molecule has 0 aliphatic rings. The smallest absolute Gasteiger partial charge is 0.545 e. The number of carbonyl (C=O) groups is 3. The minimum absolute atomic E-state index is 0. The zero-order chi connectivity index (χ0) is 27.8. The average Bonchev–Trinajstić information content (AvgIpc) is 2.94. The molecule has 0 aliphatic carbocycles. The van der Waals surface area contributed by atoms with E-state index in [1.165, 1.54) is 0 Å². The molecule has 4 rings (SSSR count). The van der Waals surface area contributed by atoms with E-state index in [0.29, 0.717) is 11.5 Å². The van der Waals surface area contributed by atoms with Gasteiger partial charge in [0.2, 0.25) is 5.91 Å². The van der Waals surface area contributed by atoms with Crippen molar-refractivity contribution < 1.29 is 93.6 Å². The predicted molar refractivity (Wildman–Crippen MR) is 138 cm³/mol. The number of carboxylic acids is 2. The number of rotatable bonds is 11. The number of benzene rings is 4. The number of carboxylic acid groups (broad SMARTS) is 2. The van der Waals surface area contributed by atoms with Crippen molar-refractivity contribution in [3.8, 4) is 11.5 Å². The van der Waals surface area contributed by atoms with Crippen molar-refractivity contribution >= 4 is 17.8 Å². The van der Waals surface area contributed by atoms with Crippen molar-refractivity contribution in [3.63, 3.8) is 0 Å². The van der Waals surface area contributed by atoms with Crippen LogP contribution in [0.15, 0.2) is 97.1 Å². The van der Waals surface area contributed by atoms with Crippen molar-refractivity contribution in [2.45, 2.75) is 26.1 Å². The summed E-state index contributed by atoms with van der Waals surface area (Å²) in [7, 11) is 0. The topological polar surface area (TPSA) is 130 Å². The number of para-hydroxylation sites is 1. The van der Waals surface area contributed by atoms with Gasteiger partial charge in [0.1, 0.15) is 11.5 Å². The minimum Gasteiger partial charge on any atom is -0.545 e. The maximum atomic E-state index is 13.5. The Balaban J connectivity index is 0.00000294. The quantitative estimate of drug-likeness (QED) is 0.186. The van der Waals surface area contributed by atoms with Crippen molar-refractivity contribution in [2.24, 2.45) is 0 Å². The first-order valence-corrected chi connectivity index (χ1v) is 12.2. The number of nitrogens with zero attached hydrogens (tertiary/aromatic N) is 1. The Morgan fingerprint density at radius 1 is 0.659 bits per heavy atom. The maximum Gasteiger partial charge on any atom is 1.00 e. The van der Waals surface area contributed by atoms with E-state index in [-0.39, 0.29) is 94.5 Å². The number of aromatic carboxylic acids is 2. The van der Waals surface area contributed by atoms with Gasteiger partial charge in [-0.3, -0.25) is 4.79 Å². The van der Waals surface area contributed by atoms with Crippen LogP contribution in [-0.4, -0.2) is 27.9 Å². The van der Waals surface area contributed by atoms with Crippen LogP contribution in [0.5, 0.6) is 11.5 Å². The molecule has 0 heterocycles. The number of hydrogen-bond donors (Lipinski definition) is 1. The van der Waals surface area contributed by atoms with Gasteiger partial charge in [-0.15, -0.1) is 0 Å². The summed E-state index contributed by atoms with van der Waals surface area (Å²) >= 11 is 0. The Morgan fingerprint density at radius 2 is 1.12 bits per heavy atom. The summed E-state index contributed by atoms with van der Waals surface area (Å²) in [5.41, 5.74) is 0.755. The zero-order valence-corrected chi connectivity index (χ0v) is 26.9. The third-order valence-corrected chi connectivity index (χ3v) is 6.13. The fourth-order valence-electron chi connectivity index (χ4n) is 4.17. The third-order valence-electron chi connectivity index (χ3n) is 6.13. The Bertz CT molecular complexity index is 1460. The SMILES string of the molecule is O=C([O-])c1cc(CC(=O)N(Cc2ccccc2)Cc2ccc(Oc3ccccc3)cc2)c(C(=O)[O-])cc1CO.[Na+].[Na+]. The van der Waals surface area contributed by atoms with Gasteiger partial charge in [0.25, 0.3) is 0 Å². The molecule has 0 bridgehead atoms. The molecule has 0 saturated carbocycles. The fraction of sp³-hybridized carbons (Fsp3) is 0.129. The minimum atomic E-state index is -1.59. The Kier molecular flexibility index (Phi) is 13.8. The Morgan fingerprint density at radius 3 is 1.66 bits per heavy atom. The fourth-order valence-corrected chi connectivity index (χ4v) is 4.17. The van der Waals surface area contributed by atoms with Crippen molar-refractivity contribution in [1.29, 1.82) is 0 Å². The molecular weight excluding hydrogens is 544 g/mol. The van der Waals surface area contributed by atoms with Crippen LogP contribution in [0.2, 0.25) is 0 Å². The van der Waals surface area contributed by atoms with E-state index in [2.05, 4.69) is 0 Å². The molecule has 0 unspecified atom stereocenters. The molecule has 41 heavy (non-hydrogen) atoms. The molecule has 4 aromatic carbocycles. The second-order valence-electron chi connectivity index (χ2n) is 8.87. The van der Waals surface area contributed by atoms with Gasteiger partial charge in [-0.1, -0.05) is 60.7 Å².